The molecule has 0 aliphatic heterocycles. The maximum absolute atomic E-state index is 12.6. The molecule has 0 saturated carbocycles. The summed E-state index contributed by atoms with van der Waals surface area (Å²) in [6.45, 7) is 2.04. The number of nitrogens with zero attached hydrogens (tertiary/aromatic N) is 4. The number of ether oxygens (including phenoxy) is 2. The van der Waals surface area contributed by atoms with Gasteiger partial charge in [0.1, 0.15) is 0 Å². The van der Waals surface area contributed by atoms with Gasteiger partial charge in [-0.3, -0.25) is 23.5 Å². The van der Waals surface area contributed by atoms with Crippen molar-refractivity contribution in [2.45, 2.75) is 51.7 Å². The number of methoxy groups -OCH3 is 1. The van der Waals surface area contributed by atoms with Gasteiger partial charge in [-0.05, 0) is 26.2 Å². The van der Waals surface area contributed by atoms with Crippen LogP contribution in [0.4, 0.5) is 0 Å². The van der Waals surface area contributed by atoms with Gasteiger partial charge in [-0.15, -0.1) is 0 Å². The Labute approximate surface area is 161 Å². The largest absolute Gasteiger partial charge is 0.469 e. The van der Waals surface area contributed by atoms with Gasteiger partial charge < -0.3 is 14.0 Å². The number of imidazole rings is 1. The molecule has 2 heterocycles. The SMILES string of the molecule is COC(=O)CCC(=O)OC(C)CCCCn1c(=O)c2c(ncn2C)n(C)c1=O. The van der Waals surface area contributed by atoms with E-state index in [0.29, 0.717) is 30.4 Å². The summed E-state index contributed by atoms with van der Waals surface area (Å²) >= 11 is 0. The molecule has 28 heavy (non-hydrogen) atoms. The first-order chi connectivity index (χ1) is 13.3. The second-order valence-corrected chi connectivity index (χ2v) is 6.70. The maximum atomic E-state index is 12.6. The zero-order chi connectivity index (χ0) is 20.8. The van der Waals surface area contributed by atoms with Gasteiger partial charge >= 0.3 is 17.6 Å². The highest BCUT2D eigenvalue weighted by Crippen LogP contribution is 2.08. The molecule has 1 atom stereocenters. The lowest BCUT2D eigenvalue weighted by Gasteiger charge is -2.13. The Kier molecular flexibility index (Phi) is 7.13. The van der Waals surface area contributed by atoms with Crippen molar-refractivity contribution in [2.75, 3.05) is 7.11 Å². The van der Waals surface area contributed by atoms with E-state index < -0.39 is 17.6 Å². The lowest BCUT2D eigenvalue weighted by molar-refractivity contribution is -0.152. The van der Waals surface area contributed by atoms with Gasteiger partial charge in [-0.2, -0.15) is 0 Å². The van der Waals surface area contributed by atoms with Gasteiger partial charge in [0.15, 0.2) is 11.2 Å². The van der Waals surface area contributed by atoms with Crippen molar-refractivity contribution in [3.05, 3.63) is 27.2 Å². The van der Waals surface area contributed by atoms with Gasteiger partial charge in [-0.25, -0.2) is 9.78 Å². The lowest BCUT2D eigenvalue weighted by atomic mass is 10.1. The van der Waals surface area contributed by atoms with E-state index in [0.717, 1.165) is 0 Å². The normalized spacial score (nSPS) is 12.1. The zero-order valence-corrected chi connectivity index (χ0v) is 16.6. The van der Waals surface area contributed by atoms with E-state index in [-0.39, 0.29) is 31.0 Å². The predicted molar refractivity (Wildman–Crippen MR) is 101 cm³/mol. The molecule has 0 saturated heterocycles. The Morgan fingerprint density at radius 2 is 1.82 bits per heavy atom. The molecule has 10 heteroatoms. The minimum absolute atomic E-state index is 0.00917. The summed E-state index contributed by atoms with van der Waals surface area (Å²) in [5.41, 5.74) is -0.0184. The van der Waals surface area contributed by atoms with Gasteiger partial charge in [0.25, 0.3) is 5.56 Å². The molecule has 0 aliphatic rings. The first-order valence-electron chi connectivity index (χ1n) is 9.13. The molecule has 0 radical (unpaired) electrons. The highest BCUT2D eigenvalue weighted by Gasteiger charge is 2.15. The van der Waals surface area contributed by atoms with Crippen LogP contribution in [0.1, 0.15) is 39.0 Å². The monoisotopic (exact) mass is 394 g/mol. The molecule has 10 nitrogen and oxygen atoms in total. The van der Waals surface area contributed by atoms with Crippen molar-refractivity contribution in [3.63, 3.8) is 0 Å². The summed E-state index contributed by atoms with van der Waals surface area (Å²) in [5.74, 6) is -0.910. The van der Waals surface area contributed by atoms with Crippen LogP contribution < -0.4 is 11.2 Å². The lowest BCUT2D eigenvalue weighted by Crippen LogP contribution is -2.39. The number of aromatic nitrogens is 4. The Hall–Kier alpha value is -2.91. The number of rotatable bonds is 9. The summed E-state index contributed by atoms with van der Waals surface area (Å²) in [4.78, 5) is 51.8. The van der Waals surface area contributed by atoms with E-state index in [2.05, 4.69) is 9.72 Å². The van der Waals surface area contributed by atoms with Crippen molar-refractivity contribution in [2.24, 2.45) is 14.1 Å². The molecule has 2 rings (SSSR count). The van der Waals surface area contributed by atoms with E-state index in [4.69, 9.17) is 4.74 Å². The first-order valence-corrected chi connectivity index (χ1v) is 9.13. The first kappa shape index (κ1) is 21.4. The van der Waals surface area contributed by atoms with Crippen LogP contribution in [0.15, 0.2) is 15.9 Å². The van der Waals surface area contributed by atoms with Crippen LogP contribution in [0, 0.1) is 0 Å². The molecular weight excluding hydrogens is 368 g/mol. The van der Waals surface area contributed by atoms with Crippen LogP contribution in [0.3, 0.4) is 0 Å². The minimum atomic E-state index is -0.456. The molecule has 154 valence electrons. The summed E-state index contributed by atoms with van der Waals surface area (Å²) in [6, 6.07) is 0. The topological polar surface area (TPSA) is 114 Å². The van der Waals surface area contributed by atoms with Crippen molar-refractivity contribution < 1.29 is 19.1 Å². The number of hydrogen-bond donors (Lipinski definition) is 0. The number of fused-ring (bicyclic) bond motifs is 1. The highest BCUT2D eigenvalue weighted by atomic mass is 16.5. The van der Waals surface area contributed by atoms with Gasteiger partial charge in [0, 0.05) is 20.6 Å². The molecule has 0 aliphatic carbocycles. The molecule has 2 aromatic rings. The number of esters is 2. The minimum Gasteiger partial charge on any atom is -0.469 e. The van der Waals surface area contributed by atoms with Crippen LogP contribution in [0.25, 0.3) is 11.2 Å². The second-order valence-electron chi connectivity index (χ2n) is 6.70. The third kappa shape index (κ3) is 4.87. The van der Waals surface area contributed by atoms with Crippen molar-refractivity contribution in [1.29, 1.82) is 0 Å². The predicted octanol–water partition coefficient (Wildman–Crippen LogP) is 0.489. The third-order valence-corrected chi connectivity index (χ3v) is 4.54. The molecule has 0 fully saturated rings. The summed E-state index contributed by atoms with van der Waals surface area (Å²) in [5, 5.41) is 0. The maximum Gasteiger partial charge on any atom is 0.332 e. The fraction of sp³-hybridized carbons (Fsp3) is 0.611. The van der Waals surface area contributed by atoms with Gasteiger partial charge in [0.05, 0.1) is 32.4 Å². The second kappa shape index (κ2) is 9.34. The standard InChI is InChI=1S/C18H26N4O6/c1-12(28-14(24)9-8-13(23)27-4)7-5-6-10-22-17(25)15-16(19-11-20(15)2)21(3)18(22)26/h11-12H,5-10H2,1-4H3. The molecule has 0 spiro atoms. The summed E-state index contributed by atoms with van der Waals surface area (Å²) in [7, 11) is 4.56. The number of carbonyl (C=O) groups excluding carboxylic acids is 2. The Bertz CT molecular complexity index is 971. The molecule has 2 aromatic heterocycles. The summed E-state index contributed by atoms with van der Waals surface area (Å²) < 4.78 is 13.9. The molecule has 0 N–H and O–H groups in total. The van der Waals surface area contributed by atoms with E-state index in [1.54, 1.807) is 25.6 Å². The van der Waals surface area contributed by atoms with Crippen molar-refractivity contribution >= 4 is 23.1 Å². The Morgan fingerprint density at radius 3 is 2.50 bits per heavy atom. The van der Waals surface area contributed by atoms with E-state index in [1.165, 1.54) is 22.6 Å². The van der Waals surface area contributed by atoms with Crippen molar-refractivity contribution in [1.82, 2.24) is 18.7 Å². The number of aryl methyl sites for hydroxylation is 2. The molecule has 0 amide bonds. The molecular formula is C18H26N4O6. The van der Waals surface area contributed by atoms with Crippen LogP contribution in [0.5, 0.6) is 0 Å². The van der Waals surface area contributed by atoms with E-state index in [9.17, 15) is 19.2 Å². The third-order valence-electron chi connectivity index (χ3n) is 4.54. The zero-order valence-electron chi connectivity index (χ0n) is 16.6. The fourth-order valence-electron chi connectivity index (χ4n) is 2.94. The smallest absolute Gasteiger partial charge is 0.332 e. The van der Waals surface area contributed by atoms with Crippen LogP contribution in [-0.2, 0) is 39.7 Å². The van der Waals surface area contributed by atoms with E-state index >= 15 is 0 Å². The fourth-order valence-corrected chi connectivity index (χ4v) is 2.94. The van der Waals surface area contributed by atoms with Crippen LogP contribution in [-0.4, -0.2) is 43.8 Å². The number of unbranched alkanes of at least 4 members (excludes halogenated alkanes) is 1. The van der Waals surface area contributed by atoms with E-state index in [1.807, 2.05) is 0 Å². The molecule has 1 unspecified atom stereocenters. The number of hydrogen-bond acceptors (Lipinski definition) is 7. The molecule has 0 bridgehead atoms. The Balaban J connectivity index is 1.88. The van der Waals surface area contributed by atoms with Crippen molar-refractivity contribution in [3.8, 4) is 0 Å². The van der Waals surface area contributed by atoms with Gasteiger partial charge in [0.2, 0.25) is 0 Å². The average Bonchev–Trinajstić information content (AvgIpc) is 3.05. The number of carbonyl (C=O) groups is 2. The van der Waals surface area contributed by atoms with Gasteiger partial charge in [-0.1, -0.05) is 0 Å². The van der Waals surface area contributed by atoms with Crippen LogP contribution in [0.2, 0.25) is 0 Å². The summed E-state index contributed by atoms with van der Waals surface area (Å²) in [6.07, 6.45) is 3.01. The van der Waals surface area contributed by atoms with Crippen LogP contribution >= 0.6 is 0 Å². The molecule has 0 aromatic carbocycles. The quantitative estimate of drug-likeness (QED) is 0.449. The highest BCUT2D eigenvalue weighted by molar-refractivity contribution is 5.77. The average molecular weight is 394 g/mol. The Morgan fingerprint density at radius 1 is 1.14 bits per heavy atom.